The molecule has 11 heteroatoms. The quantitative estimate of drug-likeness (QED) is 0.316. The average Bonchev–Trinajstić information content (AvgIpc) is 2.85. The maximum Gasteiger partial charge on any atom is 0.311 e. The zero-order valence-electron chi connectivity index (χ0n) is 19.5. The van der Waals surface area contributed by atoms with Gasteiger partial charge in [-0.1, -0.05) is 24.3 Å². The summed E-state index contributed by atoms with van der Waals surface area (Å²) >= 11 is 0. The van der Waals surface area contributed by atoms with Gasteiger partial charge < -0.3 is 24.1 Å². The van der Waals surface area contributed by atoms with Gasteiger partial charge in [-0.05, 0) is 41.0 Å². The van der Waals surface area contributed by atoms with Crippen molar-refractivity contribution in [2.45, 2.75) is 19.8 Å². The van der Waals surface area contributed by atoms with E-state index in [1.165, 1.54) is 25.3 Å². The lowest BCUT2D eigenvalue weighted by molar-refractivity contribution is -0.386. The van der Waals surface area contributed by atoms with Gasteiger partial charge in [-0.2, -0.15) is 0 Å². The molecule has 0 aliphatic rings. The average molecular weight is 486 g/mol. The fourth-order valence-electron chi connectivity index (χ4n) is 2.94. The molecule has 0 spiro atoms. The van der Waals surface area contributed by atoms with E-state index in [2.05, 4.69) is 0 Å². The summed E-state index contributed by atoms with van der Waals surface area (Å²) in [5, 5.41) is 30.6. The Morgan fingerprint density at radius 1 is 0.714 bits per heavy atom. The first kappa shape index (κ1) is 27.0. The maximum atomic E-state index is 11.1. The van der Waals surface area contributed by atoms with E-state index < -0.39 is 9.85 Å². The van der Waals surface area contributed by atoms with Crippen molar-refractivity contribution in [2.24, 2.45) is 0 Å². The van der Waals surface area contributed by atoms with Crippen molar-refractivity contribution < 1.29 is 33.9 Å². The zero-order chi connectivity index (χ0) is 25.8. The lowest BCUT2D eigenvalue weighted by Gasteiger charge is -2.09. The molecule has 0 aliphatic heterocycles. The number of phenolic OH excluding ortho intramolecular Hbond substituents is 1. The zero-order valence-corrected chi connectivity index (χ0v) is 19.5. The maximum absolute atomic E-state index is 11.1. The van der Waals surface area contributed by atoms with Crippen LogP contribution in [0.3, 0.4) is 0 Å². The summed E-state index contributed by atoms with van der Waals surface area (Å²) < 4.78 is 20.4. The normalized spacial score (nSPS) is 10.1. The van der Waals surface area contributed by atoms with Crippen LogP contribution in [0, 0.1) is 20.2 Å². The highest BCUT2D eigenvalue weighted by atomic mass is 16.6. The number of nitrogens with zero attached hydrogens (tertiary/aromatic N) is 2. The summed E-state index contributed by atoms with van der Waals surface area (Å²) in [5.74, 6) is 0.657. The van der Waals surface area contributed by atoms with Crippen LogP contribution in [-0.2, 0) is 29.3 Å². The van der Waals surface area contributed by atoms with Gasteiger partial charge in [0, 0.05) is 26.4 Å². The van der Waals surface area contributed by atoms with Crippen molar-refractivity contribution in [1.29, 1.82) is 0 Å². The van der Waals surface area contributed by atoms with Crippen LogP contribution in [0.5, 0.6) is 17.2 Å². The third-order valence-corrected chi connectivity index (χ3v) is 4.63. The number of rotatable bonds is 10. The van der Waals surface area contributed by atoms with Gasteiger partial charge >= 0.3 is 11.4 Å². The number of ether oxygens (including phenoxy) is 4. The van der Waals surface area contributed by atoms with Crippen LogP contribution >= 0.6 is 0 Å². The number of nitro benzene ring substituents is 2. The number of hydrogen-bond donors (Lipinski definition) is 1. The Morgan fingerprint density at radius 2 is 1.23 bits per heavy atom. The van der Waals surface area contributed by atoms with Gasteiger partial charge in [-0.15, -0.1) is 0 Å². The molecule has 0 unspecified atom stereocenters. The van der Waals surface area contributed by atoms with Crippen molar-refractivity contribution in [1.82, 2.24) is 0 Å². The molecule has 0 fully saturated rings. The van der Waals surface area contributed by atoms with Crippen LogP contribution in [0.1, 0.15) is 16.7 Å². The van der Waals surface area contributed by atoms with E-state index in [9.17, 15) is 20.2 Å². The Balaban J connectivity index is 0.000000283. The number of aromatic hydroxyl groups is 1. The molecular formula is C24H26N2O9. The van der Waals surface area contributed by atoms with Crippen LogP contribution in [0.15, 0.2) is 60.7 Å². The number of methoxy groups -OCH3 is 3. The van der Waals surface area contributed by atoms with Gasteiger partial charge in [0.05, 0.1) is 30.2 Å². The fourth-order valence-corrected chi connectivity index (χ4v) is 2.94. The summed E-state index contributed by atoms with van der Waals surface area (Å²) in [7, 11) is 4.63. The van der Waals surface area contributed by atoms with E-state index in [-0.39, 0.29) is 29.5 Å². The minimum absolute atomic E-state index is 0.0666. The fraction of sp³-hybridized carbons (Fsp3) is 0.250. The molecule has 0 heterocycles. The third kappa shape index (κ3) is 8.25. The van der Waals surface area contributed by atoms with Crippen molar-refractivity contribution in [3.63, 3.8) is 0 Å². The highest BCUT2D eigenvalue weighted by Crippen LogP contribution is 2.29. The Morgan fingerprint density at radius 3 is 1.74 bits per heavy atom. The molecule has 0 saturated heterocycles. The van der Waals surface area contributed by atoms with Crippen LogP contribution < -0.4 is 9.47 Å². The molecule has 35 heavy (non-hydrogen) atoms. The highest BCUT2D eigenvalue weighted by Gasteiger charge is 2.16. The Hall–Kier alpha value is -4.22. The van der Waals surface area contributed by atoms with Crippen LogP contribution in [-0.4, -0.2) is 36.3 Å². The molecule has 186 valence electrons. The first-order valence-electron chi connectivity index (χ1n) is 10.3. The van der Waals surface area contributed by atoms with Gasteiger partial charge in [0.1, 0.15) is 12.4 Å². The summed E-state index contributed by atoms with van der Waals surface area (Å²) in [4.78, 5) is 20.4. The number of benzene rings is 3. The molecular weight excluding hydrogens is 460 g/mol. The van der Waals surface area contributed by atoms with E-state index in [0.717, 1.165) is 16.9 Å². The Bertz CT molecular complexity index is 1130. The van der Waals surface area contributed by atoms with Gasteiger partial charge in [-0.3, -0.25) is 20.2 Å². The van der Waals surface area contributed by atoms with E-state index in [1.54, 1.807) is 32.4 Å². The number of hydrogen-bond acceptors (Lipinski definition) is 9. The predicted molar refractivity (Wildman–Crippen MR) is 127 cm³/mol. The molecule has 0 aromatic heterocycles. The Kier molecular flexibility index (Phi) is 10.4. The molecule has 3 rings (SSSR count). The molecule has 3 aromatic carbocycles. The van der Waals surface area contributed by atoms with Gasteiger partial charge in [0.15, 0.2) is 11.5 Å². The lowest BCUT2D eigenvalue weighted by Crippen LogP contribution is -2.00. The summed E-state index contributed by atoms with van der Waals surface area (Å²) in [6, 6.07) is 16.3. The van der Waals surface area contributed by atoms with E-state index >= 15 is 0 Å². The second kappa shape index (κ2) is 13.5. The van der Waals surface area contributed by atoms with Crippen molar-refractivity contribution >= 4 is 11.4 Å². The lowest BCUT2D eigenvalue weighted by atomic mass is 10.2. The van der Waals surface area contributed by atoms with Crippen molar-refractivity contribution in [2.75, 3.05) is 21.3 Å². The van der Waals surface area contributed by atoms with Gasteiger partial charge in [0.25, 0.3) is 0 Å². The van der Waals surface area contributed by atoms with Crippen LogP contribution in [0.2, 0.25) is 0 Å². The largest absolute Gasteiger partial charge is 0.502 e. The smallest absolute Gasteiger partial charge is 0.311 e. The van der Waals surface area contributed by atoms with Gasteiger partial charge in [0.2, 0.25) is 0 Å². The molecule has 0 radical (unpaired) electrons. The summed E-state index contributed by atoms with van der Waals surface area (Å²) in [6.45, 7) is 0.856. The second-order valence-corrected chi connectivity index (χ2v) is 7.14. The summed E-state index contributed by atoms with van der Waals surface area (Å²) in [6.07, 6.45) is 0. The standard InChI is InChI=1S/C16H17NO5.C8H9NO4/c1-20-10-13-5-8-16(15(9-13)17(18)19)22-11-12-3-6-14(21-2)7-4-12;1-13-5-6-2-3-8(10)7(4-6)9(11)12/h3-9H,10-11H2,1-2H3;2-4,10H,5H2,1H3. The van der Waals surface area contributed by atoms with E-state index in [1.807, 2.05) is 24.3 Å². The SMILES string of the molecule is COCc1ccc(O)c([N+](=O)[O-])c1.COCc1ccc(OCc2ccc(OC)cc2)c([N+](=O)[O-])c1. The molecule has 0 saturated carbocycles. The Labute approximate surface area is 201 Å². The third-order valence-electron chi connectivity index (χ3n) is 4.63. The molecule has 0 amide bonds. The monoisotopic (exact) mass is 486 g/mol. The molecule has 1 N–H and O–H groups in total. The highest BCUT2D eigenvalue weighted by molar-refractivity contribution is 5.49. The van der Waals surface area contributed by atoms with Crippen LogP contribution in [0.4, 0.5) is 11.4 Å². The molecule has 11 nitrogen and oxygen atoms in total. The molecule has 0 atom stereocenters. The van der Waals surface area contributed by atoms with Crippen LogP contribution in [0.25, 0.3) is 0 Å². The molecule has 3 aromatic rings. The predicted octanol–water partition coefficient (Wildman–Crippen LogP) is 4.78. The number of phenols is 1. The van der Waals surface area contributed by atoms with E-state index in [4.69, 9.17) is 24.1 Å². The van der Waals surface area contributed by atoms with Crippen molar-refractivity contribution in [3.05, 3.63) is 97.6 Å². The first-order chi connectivity index (χ1) is 16.8. The minimum atomic E-state index is -0.630. The molecule has 0 bridgehead atoms. The molecule has 0 aliphatic carbocycles. The first-order valence-corrected chi connectivity index (χ1v) is 10.3. The van der Waals surface area contributed by atoms with E-state index in [0.29, 0.717) is 18.8 Å². The summed E-state index contributed by atoms with van der Waals surface area (Å²) in [5.41, 5.74) is 1.92. The van der Waals surface area contributed by atoms with Crippen molar-refractivity contribution in [3.8, 4) is 17.2 Å². The number of nitro groups is 2. The topological polar surface area (TPSA) is 143 Å². The second-order valence-electron chi connectivity index (χ2n) is 7.14. The minimum Gasteiger partial charge on any atom is -0.502 e. The van der Waals surface area contributed by atoms with Gasteiger partial charge in [-0.25, -0.2) is 0 Å².